The molecule has 3 heterocycles. The number of hydrogen-bond acceptors (Lipinski definition) is 6. The first kappa shape index (κ1) is 19.2. The molecule has 1 aromatic heterocycles. The fourth-order valence-corrected chi connectivity index (χ4v) is 3.24. The summed E-state index contributed by atoms with van der Waals surface area (Å²) in [6.07, 6.45) is 0.311. The van der Waals surface area contributed by atoms with Gasteiger partial charge in [-0.1, -0.05) is 5.98 Å². The van der Waals surface area contributed by atoms with Gasteiger partial charge in [0.25, 0.3) is 5.95 Å². The Labute approximate surface area is 154 Å². The topological polar surface area (TPSA) is 67.1 Å². The van der Waals surface area contributed by atoms with Crippen molar-refractivity contribution in [1.29, 1.82) is 0 Å². The van der Waals surface area contributed by atoms with Crippen LogP contribution in [0.25, 0.3) is 0 Å². The van der Waals surface area contributed by atoms with Crippen LogP contribution < -0.4 is 10.2 Å². The van der Waals surface area contributed by atoms with Gasteiger partial charge in [0.2, 0.25) is 0 Å². The van der Waals surface area contributed by atoms with Gasteiger partial charge in [0, 0.05) is 12.0 Å². The van der Waals surface area contributed by atoms with E-state index in [4.69, 9.17) is 23.2 Å². The highest BCUT2D eigenvalue weighted by Gasteiger charge is 2.50. The van der Waals surface area contributed by atoms with E-state index in [1.807, 2.05) is 33.7 Å². The van der Waals surface area contributed by atoms with Crippen molar-refractivity contribution in [2.24, 2.45) is 0 Å². The molecule has 0 radical (unpaired) electrons. The van der Waals surface area contributed by atoms with E-state index in [1.54, 1.807) is 13.8 Å². The molecule has 0 saturated carbocycles. The van der Waals surface area contributed by atoms with Gasteiger partial charge in [0.1, 0.15) is 11.9 Å². The van der Waals surface area contributed by atoms with Crippen LogP contribution in [0.3, 0.4) is 0 Å². The third-order valence-electron chi connectivity index (χ3n) is 5.60. The van der Waals surface area contributed by atoms with Crippen LogP contribution >= 0.6 is 0 Å². The highest BCUT2D eigenvalue weighted by molar-refractivity contribution is 6.51. The highest BCUT2D eigenvalue weighted by atomic mass is 16.7. The summed E-state index contributed by atoms with van der Waals surface area (Å²) < 4.78 is 28.9. The maximum absolute atomic E-state index is 12.4. The predicted octanol–water partition coefficient (Wildman–Crippen LogP) is 3.28. The number of methoxy groups -OCH3 is 1. The first-order valence-electron chi connectivity index (χ1n) is 8.90. The zero-order chi connectivity index (χ0) is 19.3. The molecule has 0 N–H and O–H groups in total. The Hall–Kier alpha value is -1.57. The minimum Gasteiger partial charge on any atom is -0.468 e. The Kier molecular flexibility index (Phi) is 4.84. The molecular formula is C19H27BO6. The molecule has 2 fully saturated rings. The van der Waals surface area contributed by atoms with Crippen LogP contribution in [0.4, 0.5) is 0 Å². The number of ether oxygens (including phenoxy) is 2. The molecule has 1 aromatic rings. The van der Waals surface area contributed by atoms with E-state index in [0.717, 1.165) is 5.57 Å². The lowest BCUT2D eigenvalue weighted by Crippen LogP contribution is -2.41. The third-order valence-corrected chi connectivity index (χ3v) is 5.60. The summed E-state index contributed by atoms with van der Waals surface area (Å²) in [7, 11) is 1.08. The maximum Gasteiger partial charge on any atom is 0.487 e. The SMILES string of the molecule is COc1oc(C2CC(=CB3OC(C)(C)C(C)(C)O3)CO2)c(C)c(=O)c1C. The van der Waals surface area contributed by atoms with Crippen LogP contribution in [-0.4, -0.2) is 32.0 Å². The fraction of sp³-hybridized carbons (Fsp3) is 0.632. The standard InChI is InChI=1S/C19H27BO6/c1-11-15(21)12(2)17(22-7)24-16(11)14-8-13(10-23-14)9-20-25-18(3,4)19(5,6)26-20/h9,14H,8,10H2,1-7H3. The second-order valence-corrected chi connectivity index (χ2v) is 7.99. The lowest BCUT2D eigenvalue weighted by molar-refractivity contribution is 0.00578. The van der Waals surface area contributed by atoms with Crippen LogP contribution in [-0.2, 0) is 14.0 Å². The summed E-state index contributed by atoms with van der Waals surface area (Å²) in [4.78, 5) is 12.4. The molecule has 26 heavy (non-hydrogen) atoms. The molecule has 7 heteroatoms. The Morgan fingerprint density at radius 2 is 1.73 bits per heavy atom. The smallest absolute Gasteiger partial charge is 0.468 e. The Bertz CT molecular complexity index is 776. The fourth-order valence-electron chi connectivity index (χ4n) is 3.24. The largest absolute Gasteiger partial charge is 0.487 e. The average molecular weight is 362 g/mol. The molecule has 0 aromatic carbocycles. The molecule has 0 spiro atoms. The van der Waals surface area contributed by atoms with E-state index in [2.05, 4.69) is 0 Å². The lowest BCUT2D eigenvalue weighted by atomic mass is 9.86. The van der Waals surface area contributed by atoms with Crippen molar-refractivity contribution in [2.75, 3.05) is 13.7 Å². The van der Waals surface area contributed by atoms with Gasteiger partial charge >= 0.3 is 7.12 Å². The molecule has 6 nitrogen and oxygen atoms in total. The third kappa shape index (κ3) is 3.24. The average Bonchev–Trinajstić information content (AvgIpc) is 3.07. The summed E-state index contributed by atoms with van der Waals surface area (Å²) in [6.45, 7) is 12.0. The van der Waals surface area contributed by atoms with Crippen molar-refractivity contribution < 1.29 is 23.2 Å². The van der Waals surface area contributed by atoms with Gasteiger partial charge in [-0.25, -0.2) is 0 Å². The quantitative estimate of drug-likeness (QED) is 0.769. The van der Waals surface area contributed by atoms with Crippen molar-refractivity contribution >= 4 is 7.12 Å². The van der Waals surface area contributed by atoms with Gasteiger partial charge in [-0.3, -0.25) is 4.79 Å². The summed E-state index contributed by atoms with van der Waals surface area (Å²) in [5.41, 5.74) is 1.28. The van der Waals surface area contributed by atoms with Gasteiger partial charge in [-0.15, -0.1) is 0 Å². The molecule has 2 aliphatic heterocycles. The molecule has 3 rings (SSSR count). The zero-order valence-corrected chi connectivity index (χ0v) is 16.6. The molecule has 142 valence electrons. The maximum atomic E-state index is 12.4. The van der Waals surface area contributed by atoms with Gasteiger partial charge in [0.05, 0.1) is 30.5 Å². The van der Waals surface area contributed by atoms with Gasteiger partial charge in [-0.2, -0.15) is 0 Å². The van der Waals surface area contributed by atoms with Crippen LogP contribution in [0.5, 0.6) is 5.95 Å². The highest BCUT2D eigenvalue weighted by Crippen LogP contribution is 2.39. The monoisotopic (exact) mass is 362 g/mol. The Balaban J connectivity index is 1.80. The number of rotatable bonds is 3. The van der Waals surface area contributed by atoms with E-state index in [-0.39, 0.29) is 28.7 Å². The molecule has 0 amide bonds. The molecular weight excluding hydrogens is 335 g/mol. The van der Waals surface area contributed by atoms with Crippen LogP contribution in [0.15, 0.2) is 20.8 Å². The second-order valence-electron chi connectivity index (χ2n) is 7.99. The van der Waals surface area contributed by atoms with E-state index in [1.165, 1.54) is 7.11 Å². The molecule has 0 bridgehead atoms. The van der Waals surface area contributed by atoms with Gasteiger partial charge in [-0.05, 0) is 47.1 Å². The molecule has 1 atom stereocenters. The van der Waals surface area contributed by atoms with Crippen molar-refractivity contribution in [3.05, 3.63) is 38.7 Å². The summed E-state index contributed by atoms with van der Waals surface area (Å²) in [5, 5.41) is 0. The zero-order valence-electron chi connectivity index (χ0n) is 16.6. The predicted molar refractivity (Wildman–Crippen MR) is 98.5 cm³/mol. The molecule has 0 aliphatic carbocycles. The van der Waals surface area contributed by atoms with Crippen LogP contribution in [0, 0.1) is 13.8 Å². The summed E-state index contributed by atoms with van der Waals surface area (Å²) >= 11 is 0. The second kappa shape index (κ2) is 6.55. The molecule has 1 unspecified atom stereocenters. The van der Waals surface area contributed by atoms with Crippen LogP contribution in [0.1, 0.15) is 57.1 Å². The van der Waals surface area contributed by atoms with Crippen molar-refractivity contribution in [3.63, 3.8) is 0 Å². The first-order valence-corrected chi connectivity index (χ1v) is 8.90. The number of hydrogen-bond donors (Lipinski definition) is 0. The molecule has 2 aliphatic rings. The molecule has 2 saturated heterocycles. The Morgan fingerprint density at radius 1 is 1.12 bits per heavy atom. The van der Waals surface area contributed by atoms with E-state index < -0.39 is 7.12 Å². The minimum atomic E-state index is -0.405. The van der Waals surface area contributed by atoms with Gasteiger partial charge < -0.3 is 23.2 Å². The minimum absolute atomic E-state index is 0.0740. The van der Waals surface area contributed by atoms with E-state index in [9.17, 15) is 4.79 Å². The van der Waals surface area contributed by atoms with Gasteiger partial charge in [0.15, 0.2) is 5.43 Å². The van der Waals surface area contributed by atoms with Crippen molar-refractivity contribution in [2.45, 2.75) is 65.3 Å². The van der Waals surface area contributed by atoms with E-state index >= 15 is 0 Å². The van der Waals surface area contributed by atoms with E-state index in [0.29, 0.717) is 29.9 Å². The normalized spacial score (nSPS) is 25.9. The van der Waals surface area contributed by atoms with Crippen molar-refractivity contribution in [3.8, 4) is 5.95 Å². The Morgan fingerprint density at radius 3 is 2.31 bits per heavy atom. The summed E-state index contributed by atoms with van der Waals surface area (Å²) in [5.74, 6) is 2.73. The van der Waals surface area contributed by atoms with Crippen molar-refractivity contribution in [1.82, 2.24) is 0 Å². The lowest BCUT2D eigenvalue weighted by Gasteiger charge is -2.32. The van der Waals surface area contributed by atoms with Crippen LogP contribution in [0.2, 0.25) is 0 Å². The summed E-state index contributed by atoms with van der Waals surface area (Å²) in [6, 6.07) is 0. The first-order chi connectivity index (χ1) is 12.1.